The molecular weight excluding hydrogens is 563 g/mol. The van der Waals surface area contributed by atoms with Crippen LogP contribution in [0.4, 0.5) is 10.5 Å². The van der Waals surface area contributed by atoms with Crippen molar-refractivity contribution in [1.82, 2.24) is 9.80 Å². The monoisotopic (exact) mass is 594 g/mol. The van der Waals surface area contributed by atoms with Gasteiger partial charge in [-0.05, 0) is 96.4 Å². The SMILES string of the molecule is N#Cc1cccc(-c2ccc3c(c2)CCN(C(=O)Nc2cc(Cl)cc(Cl)c2)C3C2CCN(Cc3ccccc3)CC2)c1. The maximum atomic E-state index is 13.8. The van der Waals surface area contributed by atoms with Gasteiger partial charge in [0.15, 0.2) is 0 Å². The molecule has 1 unspecified atom stereocenters. The van der Waals surface area contributed by atoms with Gasteiger partial charge in [0.25, 0.3) is 0 Å². The number of anilines is 1. The lowest BCUT2D eigenvalue weighted by molar-refractivity contribution is 0.0974. The Balaban J connectivity index is 1.28. The van der Waals surface area contributed by atoms with Crippen LogP contribution in [0, 0.1) is 17.2 Å². The maximum Gasteiger partial charge on any atom is 0.322 e. The molecule has 5 nitrogen and oxygen atoms in total. The minimum absolute atomic E-state index is 0.0400. The summed E-state index contributed by atoms with van der Waals surface area (Å²) in [6.45, 7) is 3.54. The van der Waals surface area contributed by atoms with E-state index in [1.165, 1.54) is 16.7 Å². The largest absolute Gasteiger partial charge is 0.322 e. The number of urea groups is 1. The Kier molecular flexibility index (Phi) is 8.48. The average molecular weight is 596 g/mol. The second-order valence-electron chi connectivity index (χ2n) is 11.2. The first-order valence-corrected chi connectivity index (χ1v) is 15.2. The molecule has 1 saturated heterocycles. The lowest BCUT2D eigenvalue weighted by Gasteiger charge is -2.44. The molecule has 1 N–H and O–H groups in total. The highest BCUT2D eigenvalue weighted by molar-refractivity contribution is 6.35. The number of piperidine rings is 1. The van der Waals surface area contributed by atoms with Gasteiger partial charge < -0.3 is 10.2 Å². The van der Waals surface area contributed by atoms with E-state index in [2.05, 4.69) is 64.8 Å². The fraction of sp³-hybridized carbons (Fsp3) is 0.257. The number of nitrogens with one attached hydrogen (secondary N) is 1. The van der Waals surface area contributed by atoms with Gasteiger partial charge in [0.1, 0.15) is 0 Å². The molecule has 2 heterocycles. The van der Waals surface area contributed by atoms with Crippen molar-refractivity contribution in [3.63, 3.8) is 0 Å². The predicted octanol–water partition coefficient (Wildman–Crippen LogP) is 8.58. The van der Waals surface area contributed by atoms with Gasteiger partial charge in [0, 0.05) is 28.8 Å². The number of halogens is 2. The smallest absolute Gasteiger partial charge is 0.317 e. The molecule has 0 spiro atoms. The van der Waals surface area contributed by atoms with Crippen molar-refractivity contribution in [2.75, 3.05) is 25.0 Å². The number of benzene rings is 4. The van der Waals surface area contributed by atoms with E-state index in [9.17, 15) is 10.1 Å². The highest BCUT2D eigenvalue weighted by atomic mass is 35.5. The lowest BCUT2D eigenvalue weighted by Crippen LogP contribution is -2.47. The second-order valence-corrected chi connectivity index (χ2v) is 12.1. The molecule has 2 aliphatic heterocycles. The molecule has 0 aliphatic carbocycles. The van der Waals surface area contributed by atoms with Crippen LogP contribution in [0.5, 0.6) is 0 Å². The van der Waals surface area contributed by atoms with Crippen molar-refractivity contribution in [2.45, 2.75) is 31.8 Å². The number of hydrogen-bond donors (Lipinski definition) is 1. The van der Waals surface area contributed by atoms with E-state index >= 15 is 0 Å². The summed E-state index contributed by atoms with van der Waals surface area (Å²) in [7, 11) is 0. The molecule has 1 atom stereocenters. The number of nitriles is 1. The second kappa shape index (κ2) is 12.6. The van der Waals surface area contributed by atoms with E-state index in [0.29, 0.717) is 33.8 Å². The molecule has 0 radical (unpaired) electrons. The van der Waals surface area contributed by atoms with Gasteiger partial charge in [-0.2, -0.15) is 5.26 Å². The molecular formula is C35H32Cl2N4O. The van der Waals surface area contributed by atoms with Gasteiger partial charge in [-0.1, -0.05) is 83.9 Å². The minimum Gasteiger partial charge on any atom is -0.317 e. The topological polar surface area (TPSA) is 59.4 Å². The molecule has 1 fully saturated rings. The van der Waals surface area contributed by atoms with Crippen molar-refractivity contribution in [1.29, 1.82) is 5.26 Å². The summed E-state index contributed by atoms with van der Waals surface area (Å²) in [6, 6.07) is 32.1. The Hall–Kier alpha value is -3.82. The Labute approximate surface area is 257 Å². The average Bonchev–Trinajstić information content (AvgIpc) is 3.00. The van der Waals surface area contributed by atoms with Crippen LogP contribution in [-0.2, 0) is 13.0 Å². The molecule has 2 amide bonds. The van der Waals surface area contributed by atoms with E-state index < -0.39 is 0 Å². The molecule has 4 aromatic rings. The highest BCUT2D eigenvalue weighted by Crippen LogP contribution is 2.42. The van der Waals surface area contributed by atoms with E-state index in [1.54, 1.807) is 18.2 Å². The van der Waals surface area contributed by atoms with E-state index in [4.69, 9.17) is 23.2 Å². The van der Waals surface area contributed by atoms with Crippen molar-refractivity contribution in [3.05, 3.63) is 123 Å². The molecule has 42 heavy (non-hydrogen) atoms. The zero-order chi connectivity index (χ0) is 29.1. The first-order chi connectivity index (χ1) is 20.5. The fourth-order valence-corrected chi connectivity index (χ4v) is 6.96. The number of carbonyl (C=O) groups excluding carboxylic acids is 1. The summed E-state index contributed by atoms with van der Waals surface area (Å²) in [4.78, 5) is 18.3. The zero-order valence-electron chi connectivity index (χ0n) is 23.3. The molecule has 0 saturated carbocycles. The first kappa shape index (κ1) is 28.3. The van der Waals surface area contributed by atoms with Crippen molar-refractivity contribution >= 4 is 34.9 Å². The van der Waals surface area contributed by atoms with Gasteiger partial charge in [0.05, 0.1) is 17.7 Å². The lowest BCUT2D eigenvalue weighted by atomic mass is 9.79. The van der Waals surface area contributed by atoms with Gasteiger partial charge in [-0.3, -0.25) is 4.90 Å². The minimum atomic E-state index is -0.138. The Morgan fingerprint density at radius 1 is 0.857 bits per heavy atom. The number of hydrogen-bond acceptors (Lipinski definition) is 3. The number of rotatable bonds is 5. The van der Waals surface area contributed by atoms with E-state index in [1.807, 2.05) is 29.2 Å². The van der Waals surface area contributed by atoms with E-state index in [0.717, 1.165) is 50.0 Å². The van der Waals surface area contributed by atoms with Crippen LogP contribution in [0.3, 0.4) is 0 Å². The van der Waals surface area contributed by atoms with Crippen LogP contribution in [0.2, 0.25) is 10.0 Å². The molecule has 6 rings (SSSR count). The summed E-state index contributed by atoms with van der Waals surface area (Å²) >= 11 is 12.4. The number of likely N-dealkylation sites (tertiary alicyclic amines) is 1. The molecule has 2 aliphatic rings. The Bertz CT molecular complexity index is 1610. The van der Waals surface area contributed by atoms with Crippen LogP contribution in [-0.4, -0.2) is 35.5 Å². The molecule has 0 bridgehead atoms. The quantitative estimate of drug-likeness (QED) is 0.252. The van der Waals surface area contributed by atoms with Crippen LogP contribution in [0.1, 0.15) is 41.1 Å². The molecule has 212 valence electrons. The van der Waals surface area contributed by atoms with Gasteiger partial charge in [-0.15, -0.1) is 0 Å². The van der Waals surface area contributed by atoms with Gasteiger partial charge >= 0.3 is 6.03 Å². The van der Waals surface area contributed by atoms with Crippen LogP contribution in [0.25, 0.3) is 11.1 Å². The summed E-state index contributed by atoms with van der Waals surface area (Å²) in [5, 5.41) is 13.4. The van der Waals surface area contributed by atoms with Gasteiger partial charge in [0.2, 0.25) is 0 Å². The third-order valence-corrected chi connectivity index (χ3v) is 8.88. The standard InChI is InChI=1S/C35H32Cl2N4O/c36-30-19-31(37)21-32(20-30)39-35(42)41-16-13-29-18-28(27-8-4-7-25(17-27)22-38)9-10-33(29)34(41)26-11-14-40(15-12-26)23-24-5-2-1-3-6-24/h1-10,17-21,26,34H,11-16,23H2,(H,39,42). The predicted molar refractivity (Wildman–Crippen MR) is 170 cm³/mol. The number of fused-ring (bicyclic) bond motifs is 1. The van der Waals surface area contributed by atoms with Crippen molar-refractivity contribution in [3.8, 4) is 17.2 Å². The molecule has 0 aromatic heterocycles. The highest BCUT2D eigenvalue weighted by Gasteiger charge is 2.38. The third kappa shape index (κ3) is 6.32. The third-order valence-electron chi connectivity index (χ3n) is 8.45. The Morgan fingerprint density at radius 3 is 2.33 bits per heavy atom. The molecule has 7 heteroatoms. The summed E-state index contributed by atoms with van der Waals surface area (Å²) in [5.41, 5.74) is 7.16. The van der Waals surface area contributed by atoms with E-state index in [-0.39, 0.29) is 12.1 Å². The Morgan fingerprint density at radius 2 is 1.60 bits per heavy atom. The molecule has 4 aromatic carbocycles. The van der Waals surface area contributed by atoms with Crippen LogP contribution < -0.4 is 5.32 Å². The maximum absolute atomic E-state index is 13.8. The number of carbonyl (C=O) groups is 1. The van der Waals surface area contributed by atoms with Gasteiger partial charge in [-0.25, -0.2) is 4.79 Å². The van der Waals surface area contributed by atoms with Crippen LogP contribution in [0.15, 0.2) is 91.0 Å². The number of nitrogens with zero attached hydrogens (tertiary/aromatic N) is 3. The number of amides is 2. The zero-order valence-corrected chi connectivity index (χ0v) is 24.8. The fourth-order valence-electron chi connectivity index (χ4n) is 6.43. The summed E-state index contributed by atoms with van der Waals surface area (Å²) in [6.07, 6.45) is 2.78. The van der Waals surface area contributed by atoms with Crippen molar-refractivity contribution < 1.29 is 4.79 Å². The summed E-state index contributed by atoms with van der Waals surface area (Å²) in [5.74, 6) is 0.331. The van der Waals surface area contributed by atoms with Crippen molar-refractivity contribution in [2.24, 2.45) is 5.92 Å². The first-order valence-electron chi connectivity index (χ1n) is 14.4. The normalized spacial score (nSPS) is 17.4. The summed E-state index contributed by atoms with van der Waals surface area (Å²) < 4.78 is 0. The van der Waals surface area contributed by atoms with Crippen LogP contribution >= 0.6 is 23.2 Å².